The first kappa shape index (κ1) is 16.7. The summed E-state index contributed by atoms with van der Waals surface area (Å²) in [6.45, 7) is 1.87. The Morgan fingerprint density at radius 1 is 1.36 bits per heavy atom. The molecule has 118 valence electrons. The van der Waals surface area contributed by atoms with Crippen LogP contribution in [0, 0.1) is 5.82 Å². The molecule has 1 aromatic carbocycles. The molecule has 0 amide bonds. The topological polar surface area (TPSA) is 68.4 Å². The SMILES string of the molecule is CC[C@](O)(CN)c1ccc(OC)c(-c2ccc(F)c(Cl)c2)n1. The molecule has 0 unspecified atom stereocenters. The number of hydrogen-bond acceptors (Lipinski definition) is 4. The average molecular weight is 325 g/mol. The first-order valence-electron chi connectivity index (χ1n) is 6.88. The van der Waals surface area contributed by atoms with E-state index in [0.717, 1.165) is 0 Å². The Balaban J connectivity index is 2.60. The average Bonchev–Trinajstić information content (AvgIpc) is 2.56. The summed E-state index contributed by atoms with van der Waals surface area (Å²) in [6.07, 6.45) is 0.423. The highest BCUT2D eigenvalue weighted by Gasteiger charge is 2.28. The number of halogens is 2. The Kier molecular flexibility index (Phi) is 5.01. The highest BCUT2D eigenvalue weighted by molar-refractivity contribution is 6.31. The molecular weight excluding hydrogens is 307 g/mol. The van der Waals surface area contributed by atoms with Crippen LogP contribution in [-0.2, 0) is 5.60 Å². The highest BCUT2D eigenvalue weighted by Crippen LogP contribution is 2.33. The molecule has 1 heterocycles. The largest absolute Gasteiger partial charge is 0.494 e. The number of pyridine rings is 1. The van der Waals surface area contributed by atoms with Crippen molar-refractivity contribution in [1.82, 2.24) is 4.98 Å². The molecule has 1 atom stereocenters. The van der Waals surface area contributed by atoms with E-state index < -0.39 is 11.4 Å². The fraction of sp³-hybridized carbons (Fsp3) is 0.312. The molecule has 22 heavy (non-hydrogen) atoms. The van der Waals surface area contributed by atoms with E-state index in [2.05, 4.69) is 4.98 Å². The van der Waals surface area contributed by atoms with Crippen molar-refractivity contribution in [2.75, 3.05) is 13.7 Å². The molecule has 3 N–H and O–H groups in total. The van der Waals surface area contributed by atoms with Gasteiger partial charge < -0.3 is 15.6 Å². The third-order valence-electron chi connectivity index (χ3n) is 3.67. The maximum Gasteiger partial charge on any atom is 0.145 e. The zero-order valence-corrected chi connectivity index (χ0v) is 13.2. The lowest BCUT2D eigenvalue weighted by Gasteiger charge is -2.25. The Labute approximate surface area is 133 Å². The van der Waals surface area contributed by atoms with Crippen molar-refractivity contribution in [3.05, 3.63) is 46.9 Å². The molecule has 1 aromatic heterocycles. The summed E-state index contributed by atoms with van der Waals surface area (Å²) in [7, 11) is 1.51. The minimum absolute atomic E-state index is 0.00339. The molecule has 0 fully saturated rings. The van der Waals surface area contributed by atoms with E-state index in [1.165, 1.54) is 19.2 Å². The first-order valence-corrected chi connectivity index (χ1v) is 7.26. The molecular formula is C16H18ClFN2O2. The van der Waals surface area contributed by atoms with Gasteiger partial charge in [-0.25, -0.2) is 9.37 Å². The zero-order chi connectivity index (χ0) is 16.3. The number of nitrogens with zero attached hydrogens (tertiary/aromatic N) is 1. The Bertz CT molecular complexity index is 675. The second-order valence-electron chi connectivity index (χ2n) is 4.97. The summed E-state index contributed by atoms with van der Waals surface area (Å²) in [5, 5.41) is 10.5. The van der Waals surface area contributed by atoms with Crippen LogP contribution in [0.25, 0.3) is 11.3 Å². The molecule has 0 saturated heterocycles. The predicted molar refractivity (Wildman–Crippen MR) is 84.4 cm³/mol. The van der Waals surface area contributed by atoms with Gasteiger partial charge in [0.25, 0.3) is 0 Å². The Morgan fingerprint density at radius 3 is 2.64 bits per heavy atom. The van der Waals surface area contributed by atoms with Crippen LogP contribution in [0.3, 0.4) is 0 Å². The van der Waals surface area contributed by atoms with Crippen LogP contribution in [0.4, 0.5) is 4.39 Å². The number of methoxy groups -OCH3 is 1. The van der Waals surface area contributed by atoms with Gasteiger partial charge in [0.05, 0.1) is 17.8 Å². The first-order chi connectivity index (χ1) is 10.4. The molecule has 0 radical (unpaired) electrons. The van der Waals surface area contributed by atoms with Gasteiger partial charge in [-0.3, -0.25) is 0 Å². The van der Waals surface area contributed by atoms with Crippen LogP contribution in [0.5, 0.6) is 5.75 Å². The van der Waals surface area contributed by atoms with E-state index >= 15 is 0 Å². The van der Waals surface area contributed by atoms with E-state index in [-0.39, 0.29) is 11.6 Å². The van der Waals surface area contributed by atoms with Gasteiger partial charge in [0.15, 0.2) is 0 Å². The van der Waals surface area contributed by atoms with Crippen molar-refractivity contribution >= 4 is 11.6 Å². The number of aliphatic hydroxyl groups is 1. The lowest BCUT2D eigenvalue weighted by atomic mass is 9.95. The van der Waals surface area contributed by atoms with Crippen molar-refractivity contribution in [2.45, 2.75) is 18.9 Å². The van der Waals surface area contributed by atoms with E-state index in [1.807, 2.05) is 6.92 Å². The molecule has 6 heteroatoms. The van der Waals surface area contributed by atoms with Crippen molar-refractivity contribution < 1.29 is 14.2 Å². The minimum Gasteiger partial charge on any atom is -0.494 e. The molecule has 0 aliphatic heterocycles. The van der Waals surface area contributed by atoms with Gasteiger partial charge in [-0.05, 0) is 36.8 Å². The van der Waals surface area contributed by atoms with Crippen molar-refractivity contribution in [3.8, 4) is 17.0 Å². The van der Waals surface area contributed by atoms with Crippen LogP contribution < -0.4 is 10.5 Å². The van der Waals surface area contributed by atoms with Gasteiger partial charge in [-0.1, -0.05) is 18.5 Å². The Morgan fingerprint density at radius 2 is 2.09 bits per heavy atom. The van der Waals surface area contributed by atoms with Gasteiger partial charge in [-0.15, -0.1) is 0 Å². The lowest BCUT2D eigenvalue weighted by molar-refractivity contribution is 0.0375. The highest BCUT2D eigenvalue weighted by atomic mass is 35.5. The number of rotatable bonds is 5. The van der Waals surface area contributed by atoms with Crippen LogP contribution >= 0.6 is 11.6 Å². The summed E-state index contributed by atoms with van der Waals surface area (Å²) in [5.74, 6) is -0.00513. The van der Waals surface area contributed by atoms with Gasteiger partial charge in [0.2, 0.25) is 0 Å². The zero-order valence-electron chi connectivity index (χ0n) is 12.4. The van der Waals surface area contributed by atoms with Crippen LogP contribution in [-0.4, -0.2) is 23.7 Å². The molecule has 0 bridgehead atoms. The molecule has 0 aliphatic rings. The summed E-state index contributed by atoms with van der Waals surface area (Å²) in [5.41, 5.74) is 5.95. The van der Waals surface area contributed by atoms with E-state index in [4.69, 9.17) is 22.1 Å². The van der Waals surface area contributed by atoms with E-state index in [0.29, 0.717) is 29.1 Å². The third kappa shape index (κ3) is 3.06. The fourth-order valence-corrected chi connectivity index (χ4v) is 2.33. The molecule has 0 saturated carbocycles. The summed E-state index contributed by atoms with van der Waals surface area (Å²) in [6, 6.07) is 7.66. The minimum atomic E-state index is -1.22. The summed E-state index contributed by atoms with van der Waals surface area (Å²) < 4.78 is 18.6. The van der Waals surface area contributed by atoms with Crippen LogP contribution in [0.15, 0.2) is 30.3 Å². The number of aromatic nitrogens is 1. The molecule has 2 aromatic rings. The van der Waals surface area contributed by atoms with Gasteiger partial charge >= 0.3 is 0 Å². The van der Waals surface area contributed by atoms with Crippen LogP contribution in [0.2, 0.25) is 5.02 Å². The third-order valence-corrected chi connectivity index (χ3v) is 3.96. The van der Waals surface area contributed by atoms with Crippen molar-refractivity contribution in [1.29, 1.82) is 0 Å². The number of hydrogen-bond donors (Lipinski definition) is 2. The molecule has 0 aliphatic carbocycles. The second-order valence-corrected chi connectivity index (χ2v) is 5.37. The predicted octanol–water partition coefficient (Wildman–Crippen LogP) is 3.11. The smallest absolute Gasteiger partial charge is 0.145 e. The summed E-state index contributed by atoms with van der Waals surface area (Å²) >= 11 is 5.83. The lowest BCUT2D eigenvalue weighted by Crippen LogP contribution is -2.35. The quantitative estimate of drug-likeness (QED) is 0.886. The number of benzene rings is 1. The maximum atomic E-state index is 13.3. The fourth-order valence-electron chi connectivity index (χ4n) is 2.15. The van der Waals surface area contributed by atoms with E-state index in [1.54, 1.807) is 18.2 Å². The number of ether oxygens (including phenoxy) is 1. The van der Waals surface area contributed by atoms with Crippen molar-refractivity contribution in [2.24, 2.45) is 5.73 Å². The van der Waals surface area contributed by atoms with Crippen molar-refractivity contribution in [3.63, 3.8) is 0 Å². The second kappa shape index (κ2) is 6.60. The summed E-state index contributed by atoms with van der Waals surface area (Å²) in [4.78, 5) is 4.46. The van der Waals surface area contributed by atoms with Gasteiger partial charge in [0, 0.05) is 12.1 Å². The monoisotopic (exact) mass is 324 g/mol. The van der Waals surface area contributed by atoms with Crippen LogP contribution in [0.1, 0.15) is 19.0 Å². The molecule has 4 nitrogen and oxygen atoms in total. The van der Waals surface area contributed by atoms with Gasteiger partial charge in [0.1, 0.15) is 22.9 Å². The normalized spacial score (nSPS) is 13.7. The van der Waals surface area contributed by atoms with E-state index in [9.17, 15) is 9.50 Å². The standard InChI is InChI=1S/C16H18ClFN2O2/c1-3-16(21,9-19)14-7-6-13(22-2)15(20-14)10-4-5-12(18)11(17)8-10/h4-8,21H,3,9,19H2,1-2H3/t16-/m0/s1. The molecule has 2 rings (SSSR count). The molecule has 0 spiro atoms. The maximum absolute atomic E-state index is 13.3. The Hall–Kier alpha value is -1.69. The number of nitrogens with two attached hydrogens (primary N) is 1. The van der Waals surface area contributed by atoms with Gasteiger partial charge in [-0.2, -0.15) is 0 Å².